The molecule has 13 heteroatoms. The molecule has 0 radical (unpaired) electrons. The third-order valence-corrected chi connectivity index (χ3v) is 10.3. The van der Waals surface area contributed by atoms with Gasteiger partial charge in [0.2, 0.25) is 11.8 Å². The molecule has 1 N–H and O–H groups in total. The fourth-order valence-electron chi connectivity index (χ4n) is 6.82. The largest absolute Gasteiger partial charge is 0.508 e. The lowest BCUT2D eigenvalue weighted by Crippen LogP contribution is -2.60. The van der Waals surface area contributed by atoms with Gasteiger partial charge in [0.1, 0.15) is 5.75 Å². The van der Waals surface area contributed by atoms with Gasteiger partial charge in [-0.2, -0.15) is 0 Å². The number of carbonyl (C=O) groups excluding carboxylic acids is 4. The average molecular weight is 605 g/mol. The van der Waals surface area contributed by atoms with Crippen LogP contribution in [0.5, 0.6) is 5.75 Å². The van der Waals surface area contributed by atoms with E-state index in [4.69, 9.17) is 34.8 Å². The van der Waals surface area contributed by atoms with E-state index in [1.54, 1.807) is 6.08 Å². The van der Waals surface area contributed by atoms with Crippen LogP contribution in [0.25, 0.3) is 0 Å². The van der Waals surface area contributed by atoms with Crippen LogP contribution in [0.2, 0.25) is 5.02 Å². The maximum Gasteiger partial charge on any atom is 0.269 e. The number of likely N-dealkylation sites (tertiary alicyclic amines) is 1. The fraction of sp³-hybridized carbons (Fsp3) is 0.333. The van der Waals surface area contributed by atoms with Crippen LogP contribution >= 0.6 is 34.8 Å². The number of benzene rings is 2. The summed E-state index contributed by atoms with van der Waals surface area (Å²) in [7, 11) is 1.27. The molecule has 2 aromatic carbocycles. The Labute approximate surface area is 242 Å². The Bertz CT molecular complexity index is 1580. The van der Waals surface area contributed by atoms with Crippen LogP contribution in [-0.2, 0) is 19.2 Å². The molecule has 3 fully saturated rings. The minimum atomic E-state index is -2.04. The molecule has 40 heavy (non-hydrogen) atoms. The molecule has 6 rings (SSSR count). The van der Waals surface area contributed by atoms with Gasteiger partial charge in [0.25, 0.3) is 17.5 Å². The van der Waals surface area contributed by atoms with Gasteiger partial charge in [0, 0.05) is 35.7 Å². The molecule has 2 aliphatic heterocycles. The van der Waals surface area contributed by atoms with E-state index in [0.29, 0.717) is 5.57 Å². The maximum absolute atomic E-state index is 13.9. The highest BCUT2D eigenvalue weighted by molar-refractivity contribution is 6.53. The molecular formula is C27H20Cl3N3O7. The summed E-state index contributed by atoms with van der Waals surface area (Å²) >= 11 is 20.4. The summed E-state index contributed by atoms with van der Waals surface area (Å²) in [4.78, 5) is 62.8. The summed E-state index contributed by atoms with van der Waals surface area (Å²) in [6, 6.07) is 9.30. The highest BCUT2D eigenvalue weighted by atomic mass is 35.5. The van der Waals surface area contributed by atoms with Gasteiger partial charge in [0.05, 0.1) is 22.4 Å². The summed E-state index contributed by atoms with van der Waals surface area (Å²) in [5, 5.41) is 22.2. The van der Waals surface area contributed by atoms with Gasteiger partial charge in [-0.1, -0.05) is 23.3 Å². The molecule has 4 amide bonds. The van der Waals surface area contributed by atoms with E-state index in [0.717, 1.165) is 9.80 Å². The first kappa shape index (κ1) is 26.7. The number of nitro groups is 1. The summed E-state index contributed by atoms with van der Waals surface area (Å²) < 4.78 is 0. The van der Waals surface area contributed by atoms with Crippen molar-refractivity contribution >= 4 is 69.8 Å². The number of halogens is 3. The van der Waals surface area contributed by atoms with Crippen LogP contribution in [0.4, 0.5) is 11.4 Å². The molecule has 0 spiro atoms. The molecule has 10 nitrogen and oxygen atoms in total. The van der Waals surface area contributed by atoms with E-state index in [1.165, 1.54) is 49.5 Å². The van der Waals surface area contributed by atoms with E-state index in [9.17, 15) is 34.4 Å². The number of carbonyl (C=O) groups is 4. The number of hydrogen-bond donors (Lipinski definition) is 1. The third-order valence-electron chi connectivity index (χ3n) is 8.63. The summed E-state index contributed by atoms with van der Waals surface area (Å²) in [6.07, 6.45) is 1.66. The van der Waals surface area contributed by atoms with Gasteiger partial charge in [0.15, 0.2) is 9.75 Å². The highest BCUT2D eigenvalue weighted by Crippen LogP contribution is 2.66. The molecule has 2 heterocycles. The second kappa shape index (κ2) is 8.76. The molecular weight excluding hydrogens is 585 g/mol. The van der Waals surface area contributed by atoms with Gasteiger partial charge < -0.3 is 5.11 Å². The predicted octanol–water partition coefficient (Wildman–Crippen LogP) is 4.15. The number of aromatic hydroxyl groups is 1. The van der Waals surface area contributed by atoms with Crippen molar-refractivity contribution in [1.29, 1.82) is 0 Å². The number of phenolic OH excluding ortho intramolecular Hbond substituents is 1. The summed E-state index contributed by atoms with van der Waals surface area (Å²) in [5.74, 6) is -6.42. The van der Waals surface area contributed by atoms with Crippen molar-refractivity contribution in [2.24, 2.45) is 17.8 Å². The van der Waals surface area contributed by atoms with E-state index >= 15 is 0 Å². The van der Waals surface area contributed by atoms with Crippen molar-refractivity contribution in [1.82, 2.24) is 4.90 Å². The number of phenols is 1. The van der Waals surface area contributed by atoms with Crippen LogP contribution < -0.4 is 4.90 Å². The Morgan fingerprint density at radius 2 is 1.68 bits per heavy atom. The van der Waals surface area contributed by atoms with Gasteiger partial charge >= 0.3 is 0 Å². The van der Waals surface area contributed by atoms with E-state index in [1.807, 2.05) is 0 Å². The van der Waals surface area contributed by atoms with E-state index in [2.05, 4.69) is 0 Å². The zero-order chi connectivity index (χ0) is 28.9. The standard InChI is InChI=1S/C27H20Cl3N3O7/c1-31-24(37)26(29)11-18-15(21(27(26,30)25(31)38)17-10-12(28)2-9-19(17)34)7-8-16-20(18)23(36)32(22(16)35)13-3-5-14(6-4-13)33(39)40/h2-7,9-10,16,18,20-21,34H,8,11H2,1H3/t16-,18+,20-,21+,26+,27-/m0/s1. The molecule has 1 saturated carbocycles. The van der Waals surface area contributed by atoms with Crippen molar-refractivity contribution in [3.63, 3.8) is 0 Å². The molecule has 2 aliphatic carbocycles. The van der Waals surface area contributed by atoms with Crippen molar-refractivity contribution in [2.45, 2.75) is 28.5 Å². The molecule has 0 unspecified atom stereocenters. The zero-order valence-electron chi connectivity index (χ0n) is 20.7. The molecule has 2 saturated heterocycles. The first-order valence-corrected chi connectivity index (χ1v) is 13.5. The van der Waals surface area contributed by atoms with Crippen LogP contribution in [0, 0.1) is 27.9 Å². The zero-order valence-corrected chi connectivity index (χ0v) is 23.0. The second-order valence-electron chi connectivity index (χ2n) is 10.5. The SMILES string of the molecule is CN1C(=O)[C@]2(Cl)C[C@@H]3C(=CC[C@@H]4C(=O)N(c5ccc([N+](=O)[O-])cc5)C(=O)[C@@H]43)[C@H](c3cc(Cl)ccc3O)[C@]2(Cl)C1=O. The number of alkyl halides is 2. The number of amides is 4. The van der Waals surface area contributed by atoms with Gasteiger partial charge in [-0.15, -0.1) is 23.2 Å². The number of non-ortho nitro benzene ring substituents is 1. The second-order valence-corrected chi connectivity index (χ2v) is 12.2. The first-order chi connectivity index (χ1) is 18.8. The predicted molar refractivity (Wildman–Crippen MR) is 144 cm³/mol. The van der Waals surface area contributed by atoms with E-state index in [-0.39, 0.29) is 40.6 Å². The number of imide groups is 2. The minimum absolute atomic E-state index is 0.128. The summed E-state index contributed by atoms with van der Waals surface area (Å²) in [5.41, 5.74) is 0.655. The topological polar surface area (TPSA) is 138 Å². The highest BCUT2D eigenvalue weighted by Gasteiger charge is 2.76. The lowest BCUT2D eigenvalue weighted by molar-refractivity contribution is -0.384. The Hall–Kier alpha value is -3.47. The normalized spacial score (nSPS) is 33.0. The quantitative estimate of drug-likeness (QED) is 0.183. The molecule has 2 aromatic rings. The first-order valence-electron chi connectivity index (χ1n) is 12.3. The Kier molecular flexibility index (Phi) is 5.86. The Balaban J connectivity index is 1.50. The minimum Gasteiger partial charge on any atom is -0.508 e. The van der Waals surface area contributed by atoms with Crippen molar-refractivity contribution in [2.75, 3.05) is 11.9 Å². The lowest BCUT2D eigenvalue weighted by atomic mass is 9.56. The summed E-state index contributed by atoms with van der Waals surface area (Å²) in [6.45, 7) is 0. The number of allylic oxidation sites excluding steroid dienone is 2. The molecule has 4 aliphatic rings. The Morgan fingerprint density at radius 3 is 2.33 bits per heavy atom. The lowest BCUT2D eigenvalue weighted by Gasteiger charge is -2.50. The average Bonchev–Trinajstić information content (AvgIpc) is 3.25. The smallest absolute Gasteiger partial charge is 0.269 e. The number of anilines is 1. The molecule has 206 valence electrons. The van der Waals surface area contributed by atoms with E-state index < -0.39 is 62.0 Å². The van der Waals surface area contributed by atoms with Crippen LogP contribution in [-0.4, -0.2) is 55.4 Å². The number of hydrogen-bond acceptors (Lipinski definition) is 7. The van der Waals surface area contributed by atoms with Gasteiger partial charge in [-0.3, -0.25) is 39.1 Å². The molecule has 0 aromatic heterocycles. The van der Waals surface area contributed by atoms with Crippen molar-refractivity contribution in [3.8, 4) is 5.75 Å². The Morgan fingerprint density at radius 1 is 1.00 bits per heavy atom. The number of nitrogens with zero attached hydrogens (tertiary/aromatic N) is 3. The van der Waals surface area contributed by atoms with Crippen LogP contribution in [0.3, 0.4) is 0 Å². The monoisotopic (exact) mass is 603 g/mol. The third kappa shape index (κ3) is 3.30. The molecule has 6 atom stereocenters. The van der Waals surface area contributed by atoms with Crippen molar-refractivity contribution in [3.05, 3.63) is 74.8 Å². The maximum atomic E-state index is 13.9. The molecule has 0 bridgehead atoms. The number of fused-ring (bicyclic) bond motifs is 4. The van der Waals surface area contributed by atoms with Crippen molar-refractivity contribution < 1.29 is 29.2 Å². The number of nitro benzene ring substituents is 1. The fourth-order valence-corrected chi connectivity index (χ4v) is 8.02. The van der Waals surface area contributed by atoms with Crippen LogP contribution in [0.1, 0.15) is 24.3 Å². The number of rotatable bonds is 3. The van der Waals surface area contributed by atoms with Gasteiger partial charge in [-0.05, 0) is 49.1 Å². The van der Waals surface area contributed by atoms with Gasteiger partial charge in [-0.25, -0.2) is 0 Å². The van der Waals surface area contributed by atoms with Crippen LogP contribution in [0.15, 0.2) is 54.1 Å².